The fourth-order valence-electron chi connectivity index (χ4n) is 2.95. The number of likely N-dealkylation sites (tertiary alicyclic amines) is 1. The van der Waals surface area contributed by atoms with E-state index in [9.17, 15) is 4.79 Å². The second-order valence-corrected chi connectivity index (χ2v) is 5.58. The van der Waals surface area contributed by atoms with Crippen LogP contribution in [-0.4, -0.2) is 53.0 Å². The van der Waals surface area contributed by atoms with E-state index in [1.807, 2.05) is 17.2 Å². The smallest absolute Gasteiger partial charge is 0.319 e. The number of fused-ring (bicyclic) bond motifs is 1. The summed E-state index contributed by atoms with van der Waals surface area (Å²) in [5.41, 5.74) is 3.46. The van der Waals surface area contributed by atoms with Crippen LogP contribution in [0.15, 0.2) is 24.5 Å². The first-order valence-corrected chi connectivity index (χ1v) is 7.05. The van der Waals surface area contributed by atoms with Gasteiger partial charge in [-0.1, -0.05) is 0 Å². The number of carbonyl (C=O) groups excluding carboxylic acids is 1. The normalized spacial score (nSPS) is 16.6. The van der Waals surface area contributed by atoms with Gasteiger partial charge >= 0.3 is 6.03 Å². The van der Waals surface area contributed by atoms with E-state index < -0.39 is 0 Å². The maximum atomic E-state index is 11.9. The lowest BCUT2D eigenvalue weighted by Crippen LogP contribution is -2.43. The van der Waals surface area contributed by atoms with Gasteiger partial charge in [0.05, 0.1) is 11.0 Å². The van der Waals surface area contributed by atoms with Crippen LogP contribution in [0.2, 0.25) is 0 Å². The third-order valence-corrected chi connectivity index (χ3v) is 4.05. The minimum atomic E-state index is 0.112. The van der Waals surface area contributed by atoms with Crippen molar-refractivity contribution in [3.63, 3.8) is 0 Å². The topological polar surface area (TPSA) is 52.2 Å². The van der Waals surface area contributed by atoms with E-state index in [0.717, 1.165) is 37.0 Å². The van der Waals surface area contributed by atoms with Crippen molar-refractivity contribution < 1.29 is 4.79 Å². The SMILES string of the molecule is CN(C)C(=O)N1CCC(c2c[nH]c3cccnc23)CC1. The molecule has 2 aromatic rings. The first-order chi connectivity index (χ1) is 9.66. The van der Waals surface area contributed by atoms with Crippen LogP contribution < -0.4 is 0 Å². The first kappa shape index (κ1) is 13.0. The third-order valence-electron chi connectivity index (χ3n) is 4.05. The summed E-state index contributed by atoms with van der Waals surface area (Å²) in [6.07, 6.45) is 5.92. The van der Waals surface area contributed by atoms with Gasteiger partial charge in [-0.3, -0.25) is 4.98 Å². The van der Waals surface area contributed by atoms with Crippen LogP contribution in [0.5, 0.6) is 0 Å². The van der Waals surface area contributed by atoms with Crippen LogP contribution in [0.25, 0.3) is 11.0 Å². The Bertz CT molecular complexity index is 611. The van der Waals surface area contributed by atoms with Gasteiger partial charge in [-0.2, -0.15) is 0 Å². The number of hydrogen-bond donors (Lipinski definition) is 1. The summed E-state index contributed by atoms with van der Waals surface area (Å²) in [6.45, 7) is 1.64. The van der Waals surface area contributed by atoms with Crippen molar-refractivity contribution in [2.75, 3.05) is 27.2 Å². The highest BCUT2D eigenvalue weighted by atomic mass is 16.2. The van der Waals surface area contributed by atoms with Crippen molar-refractivity contribution in [3.8, 4) is 0 Å². The average Bonchev–Trinajstić information content (AvgIpc) is 2.90. The monoisotopic (exact) mass is 272 g/mol. The molecule has 0 atom stereocenters. The molecular weight excluding hydrogens is 252 g/mol. The minimum Gasteiger partial charge on any atom is -0.360 e. The molecule has 0 aromatic carbocycles. The zero-order valence-electron chi connectivity index (χ0n) is 12.0. The molecule has 1 aliphatic rings. The fraction of sp³-hybridized carbons (Fsp3) is 0.467. The number of urea groups is 1. The van der Waals surface area contributed by atoms with Crippen molar-refractivity contribution >= 4 is 17.1 Å². The maximum Gasteiger partial charge on any atom is 0.319 e. The van der Waals surface area contributed by atoms with Gasteiger partial charge < -0.3 is 14.8 Å². The summed E-state index contributed by atoms with van der Waals surface area (Å²) < 4.78 is 0. The summed E-state index contributed by atoms with van der Waals surface area (Å²) in [5, 5.41) is 0. The Labute approximate surface area is 118 Å². The van der Waals surface area contributed by atoms with Crippen molar-refractivity contribution in [1.29, 1.82) is 0 Å². The largest absolute Gasteiger partial charge is 0.360 e. The van der Waals surface area contributed by atoms with Crippen molar-refractivity contribution in [2.45, 2.75) is 18.8 Å². The Hall–Kier alpha value is -2.04. The van der Waals surface area contributed by atoms with Crippen molar-refractivity contribution in [1.82, 2.24) is 19.8 Å². The summed E-state index contributed by atoms with van der Waals surface area (Å²) in [7, 11) is 3.61. The molecule has 5 nitrogen and oxygen atoms in total. The highest BCUT2D eigenvalue weighted by Crippen LogP contribution is 2.32. The van der Waals surface area contributed by atoms with Gasteiger partial charge in [0, 0.05) is 39.6 Å². The summed E-state index contributed by atoms with van der Waals surface area (Å²) >= 11 is 0. The lowest BCUT2D eigenvalue weighted by molar-refractivity contribution is 0.156. The van der Waals surface area contributed by atoms with Gasteiger partial charge in [-0.25, -0.2) is 4.79 Å². The Morgan fingerprint density at radius 2 is 2.15 bits per heavy atom. The van der Waals surface area contributed by atoms with Crippen LogP contribution in [0.4, 0.5) is 4.79 Å². The molecule has 1 saturated heterocycles. The fourth-order valence-corrected chi connectivity index (χ4v) is 2.95. The Kier molecular flexibility index (Phi) is 3.34. The van der Waals surface area contributed by atoms with Gasteiger partial charge in [0.1, 0.15) is 0 Å². The van der Waals surface area contributed by atoms with E-state index in [4.69, 9.17) is 0 Å². The molecular formula is C15H20N4O. The number of aromatic nitrogens is 2. The van der Waals surface area contributed by atoms with E-state index in [0.29, 0.717) is 5.92 Å². The molecule has 1 aliphatic heterocycles. The first-order valence-electron chi connectivity index (χ1n) is 7.05. The molecule has 106 valence electrons. The second-order valence-electron chi connectivity index (χ2n) is 5.58. The third kappa shape index (κ3) is 2.24. The molecule has 20 heavy (non-hydrogen) atoms. The Balaban J connectivity index is 1.74. The van der Waals surface area contributed by atoms with Gasteiger partial charge in [-0.05, 0) is 36.5 Å². The molecule has 1 N–H and O–H groups in total. The number of nitrogens with zero attached hydrogens (tertiary/aromatic N) is 3. The molecule has 0 bridgehead atoms. The van der Waals surface area contributed by atoms with E-state index in [1.165, 1.54) is 5.56 Å². The molecule has 0 unspecified atom stereocenters. The molecule has 1 fully saturated rings. The highest BCUT2D eigenvalue weighted by molar-refractivity contribution is 5.79. The summed E-state index contributed by atoms with van der Waals surface area (Å²) in [5.74, 6) is 0.491. The number of carbonyl (C=O) groups is 1. The maximum absolute atomic E-state index is 11.9. The number of rotatable bonds is 1. The van der Waals surface area contributed by atoms with Crippen molar-refractivity contribution in [2.24, 2.45) is 0 Å². The van der Waals surface area contributed by atoms with Gasteiger partial charge in [-0.15, -0.1) is 0 Å². The van der Waals surface area contributed by atoms with Crippen LogP contribution in [0.1, 0.15) is 24.3 Å². The predicted molar refractivity (Wildman–Crippen MR) is 78.7 cm³/mol. The number of amides is 2. The highest BCUT2D eigenvalue weighted by Gasteiger charge is 2.26. The van der Waals surface area contributed by atoms with Gasteiger partial charge in [0.15, 0.2) is 0 Å². The number of nitrogens with one attached hydrogen (secondary N) is 1. The van der Waals surface area contributed by atoms with E-state index in [2.05, 4.69) is 22.2 Å². The lowest BCUT2D eigenvalue weighted by atomic mass is 9.90. The lowest BCUT2D eigenvalue weighted by Gasteiger charge is -2.33. The Morgan fingerprint density at radius 3 is 2.85 bits per heavy atom. The number of aromatic amines is 1. The van der Waals surface area contributed by atoms with Crippen LogP contribution in [-0.2, 0) is 0 Å². The van der Waals surface area contributed by atoms with Crippen LogP contribution >= 0.6 is 0 Å². The molecule has 0 spiro atoms. The number of H-pyrrole nitrogens is 1. The van der Waals surface area contributed by atoms with Gasteiger partial charge in [0.2, 0.25) is 0 Å². The quantitative estimate of drug-likeness (QED) is 0.866. The molecule has 5 heteroatoms. The standard InChI is InChI=1S/C15H20N4O/c1-18(2)15(20)19-8-5-11(6-9-19)12-10-17-13-4-3-7-16-14(12)13/h3-4,7,10-11,17H,5-6,8-9H2,1-2H3. The molecule has 0 saturated carbocycles. The molecule has 0 radical (unpaired) electrons. The number of pyridine rings is 1. The molecule has 0 aliphatic carbocycles. The molecule has 3 heterocycles. The molecule has 2 aromatic heterocycles. The van der Waals surface area contributed by atoms with Gasteiger partial charge in [0.25, 0.3) is 0 Å². The molecule has 3 rings (SSSR count). The van der Waals surface area contributed by atoms with Crippen LogP contribution in [0.3, 0.4) is 0 Å². The number of hydrogen-bond acceptors (Lipinski definition) is 2. The van der Waals surface area contributed by atoms with Crippen molar-refractivity contribution in [3.05, 3.63) is 30.1 Å². The number of piperidine rings is 1. The average molecular weight is 272 g/mol. The molecule has 2 amide bonds. The summed E-state index contributed by atoms with van der Waals surface area (Å²) in [4.78, 5) is 23.3. The van der Waals surface area contributed by atoms with E-state index in [-0.39, 0.29) is 6.03 Å². The second kappa shape index (κ2) is 5.15. The zero-order chi connectivity index (χ0) is 14.1. The summed E-state index contributed by atoms with van der Waals surface area (Å²) in [6, 6.07) is 4.11. The Morgan fingerprint density at radius 1 is 1.40 bits per heavy atom. The van der Waals surface area contributed by atoms with E-state index >= 15 is 0 Å². The van der Waals surface area contributed by atoms with Crippen LogP contribution in [0, 0.1) is 0 Å². The van der Waals surface area contributed by atoms with E-state index in [1.54, 1.807) is 19.0 Å². The predicted octanol–water partition coefficient (Wildman–Crippen LogP) is 2.42. The zero-order valence-corrected chi connectivity index (χ0v) is 12.0. The minimum absolute atomic E-state index is 0.112.